The molecule has 0 radical (unpaired) electrons. The van der Waals surface area contributed by atoms with Crippen molar-refractivity contribution in [3.63, 3.8) is 0 Å². The van der Waals surface area contributed by atoms with Gasteiger partial charge in [-0.1, -0.05) is 0 Å². The molecule has 0 amide bonds. The molecule has 1 fully saturated rings. The highest BCUT2D eigenvalue weighted by Gasteiger charge is 2.28. The van der Waals surface area contributed by atoms with Gasteiger partial charge in [-0.05, 0) is 48.1 Å². The second-order valence-electron chi connectivity index (χ2n) is 4.12. The largest absolute Gasteiger partial charge is 0.437 e. The number of furan rings is 1. The molecule has 0 unspecified atom stereocenters. The number of hydrogen-bond acceptors (Lipinski definition) is 4. The van der Waals surface area contributed by atoms with Crippen molar-refractivity contribution in [3.05, 3.63) is 16.8 Å². The third-order valence-electron chi connectivity index (χ3n) is 2.82. The van der Waals surface area contributed by atoms with Crippen LogP contribution in [-0.4, -0.2) is 50.8 Å². The molecule has 0 aromatic carbocycles. The average Bonchev–Trinajstić information content (AvgIpc) is 2.58. The molecule has 1 aliphatic rings. The SMILES string of the molecule is CN1CCCN(S(=O)(=O)c2ccc(Br)o2)CC1. The molecule has 1 aromatic heterocycles. The molecule has 1 saturated heterocycles. The molecular weight excluding hydrogens is 308 g/mol. The first-order valence-corrected chi connectivity index (χ1v) is 7.67. The monoisotopic (exact) mass is 322 g/mol. The fourth-order valence-electron chi connectivity index (χ4n) is 1.83. The summed E-state index contributed by atoms with van der Waals surface area (Å²) in [7, 11) is -1.48. The minimum Gasteiger partial charge on any atom is -0.437 e. The fraction of sp³-hybridized carbons (Fsp3) is 0.600. The first-order chi connectivity index (χ1) is 8.00. The highest BCUT2D eigenvalue weighted by atomic mass is 79.9. The molecule has 0 bridgehead atoms. The van der Waals surface area contributed by atoms with Gasteiger partial charge in [-0.2, -0.15) is 4.31 Å². The molecule has 1 aliphatic heterocycles. The van der Waals surface area contributed by atoms with Gasteiger partial charge in [-0.3, -0.25) is 0 Å². The van der Waals surface area contributed by atoms with Gasteiger partial charge in [0.25, 0.3) is 10.0 Å². The lowest BCUT2D eigenvalue weighted by Gasteiger charge is -2.18. The minimum absolute atomic E-state index is 0.00827. The van der Waals surface area contributed by atoms with Crippen molar-refractivity contribution >= 4 is 26.0 Å². The first kappa shape index (κ1) is 13.1. The van der Waals surface area contributed by atoms with Crippen LogP contribution in [0.25, 0.3) is 0 Å². The molecule has 2 heterocycles. The molecular formula is C10H15BrN2O3S. The number of hydrogen-bond donors (Lipinski definition) is 0. The van der Waals surface area contributed by atoms with E-state index in [1.54, 1.807) is 6.07 Å². The van der Waals surface area contributed by atoms with E-state index in [2.05, 4.69) is 20.8 Å². The Bertz CT molecular complexity index is 485. The molecule has 0 spiro atoms. The van der Waals surface area contributed by atoms with Crippen LogP contribution in [0.3, 0.4) is 0 Å². The number of sulfonamides is 1. The van der Waals surface area contributed by atoms with Crippen LogP contribution in [-0.2, 0) is 10.0 Å². The van der Waals surface area contributed by atoms with Gasteiger partial charge in [0, 0.05) is 19.6 Å². The topological polar surface area (TPSA) is 53.8 Å². The van der Waals surface area contributed by atoms with Gasteiger partial charge in [0.1, 0.15) is 0 Å². The van der Waals surface area contributed by atoms with Crippen molar-refractivity contribution in [2.45, 2.75) is 11.5 Å². The third-order valence-corrected chi connectivity index (χ3v) is 5.02. The summed E-state index contributed by atoms with van der Waals surface area (Å²) in [5.74, 6) is 0. The Kier molecular flexibility index (Phi) is 3.92. The fourth-order valence-corrected chi connectivity index (χ4v) is 3.62. The van der Waals surface area contributed by atoms with E-state index in [1.807, 2.05) is 7.05 Å². The first-order valence-electron chi connectivity index (χ1n) is 5.44. The van der Waals surface area contributed by atoms with E-state index in [-0.39, 0.29) is 5.09 Å². The summed E-state index contributed by atoms with van der Waals surface area (Å²) in [6.07, 6.45) is 0.845. The van der Waals surface area contributed by atoms with E-state index < -0.39 is 10.0 Å². The van der Waals surface area contributed by atoms with Crippen LogP contribution < -0.4 is 0 Å². The van der Waals surface area contributed by atoms with Gasteiger partial charge in [-0.25, -0.2) is 8.42 Å². The second-order valence-corrected chi connectivity index (χ2v) is 6.77. The quantitative estimate of drug-likeness (QED) is 0.825. The van der Waals surface area contributed by atoms with Crippen LogP contribution >= 0.6 is 15.9 Å². The van der Waals surface area contributed by atoms with Crippen molar-refractivity contribution in [2.75, 3.05) is 33.2 Å². The van der Waals surface area contributed by atoms with Crippen LogP contribution in [0.1, 0.15) is 6.42 Å². The lowest BCUT2D eigenvalue weighted by molar-refractivity contribution is 0.342. The van der Waals surface area contributed by atoms with Gasteiger partial charge in [-0.15, -0.1) is 0 Å². The Hall–Kier alpha value is -0.370. The Morgan fingerprint density at radius 3 is 2.65 bits per heavy atom. The Morgan fingerprint density at radius 1 is 1.24 bits per heavy atom. The van der Waals surface area contributed by atoms with E-state index in [1.165, 1.54) is 10.4 Å². The second kappa shape index (κ2) is 5.09. The normalized spacial score (nSPS) is 20.4. The van der Waals surface area contributed by atoms with Crippen molar-refractivity contribution in [2.24, 2.45) is 0 Å². The predicted octanol–water partition coefficient (Wildman–Crippen LogP) is 1.37. The molecule has 2 rings (SSSR count). The van der Waals surface area contributed by atoms with E-state index >= 15 is 0 Å². The van der Waals surface area contributed by atoms with E-state index in [0.29, 0.717) is 17.8 Å². The smallest absolute Gasteiger partial charge is 0.276 e. The van der Waals surface area contributed by atoms with E-state index in [4.69, 9.17) is 4.42 Å². The van der Waals surface area contributed by atoms with Crippen LogP contribution in [0.5, 0.6) is 0 Å². The zero-order chi connectivity index (χ0) is 12.5. The van der Waals surface area contributed by atoms with Crippen LogP contribution in [0.2, 0.25) is 0 Å². The Labute approximate surface area is 110 Å². The van der Waals surface area contributed by atoms with Crippen LogP contribution in [0.15, 0.2) is 26.3 Å². The van der Waals surface area contributed by atoms with Gasteiger partial charge in [0.2, 0.25) is 5.09 Å². The average molecular weight is 323 g/mol. The van der Waals surface area contributed by atoms with Gasteiger partial charge in [0.15, 0.2) is 4.67 Å². The standard InChI is InChI=1S/C10H15BrN2O3S/c1-12-5-2-6-13(8-7-12)17(14,15)10-4-3-9(11)16-10/h3-4H,2,5-8H2,1H3. The molecule has 96 valence electrons. The molecule has 1 aromatic rings. The predicted molar refractivity (Wildman–Crippen MR) is 67.3 cm³/mol. The molecule has 7 heteroatoms. The number of halogens is 1. The van der Waals surface area contributed by atoms with Gasteiger partial charge >= 0.3 is 0 Å². The maximum atomic E-state index is 12.3. The summed E-state index contributed by atoms with van der Waals surface area (Å²) in [6.45, 7) is 2.73. The number of likely N-dealkylation sites (N-methyl/N-ethyl adjacent to an activating group) is 1. The maximum absolute atomic E-state index is 12.3. The summed E-state index contributed by atoms with van der Waals surface area (Å²) < 4.78 is 31.6. The lowest BCUT2D eigenvalue weighted by Crippen LogP contribution is -2.34. The highest BCUT2D eigenvalue weighted by molar-refractivity contribution is 9.10. The van der Waals surface area contributed by atoms with E-state index in [0.717, 1.165) is 19.5 Å². The summed E-state index contributed by atoms with van der Waals surface area (Å²) in [5, 5.41) is 0.00827. The Morgan fingerprint density at radius 2 is 2.00 bits per heavy atom. The molecule has 0 aliphatic carbocycles. The number of rotatable bonds is 2. The summed E-state index contributed by atoms with van der Waals surface area (Å²) in [4.78, 5) is 2.13. The van der Waals surface area contributed by atoms with E-state index in [9.17, 15) is 8.42 Å². The zero-order valence-corrected chi connectivity index (χ0v) is 12.0. The van der Waals surface area contributed by atoms with Crippen molar-refractivity contribution in [3.8, 4) is 0 Å². The van der Waals surface area contributed by atoms with Crippen molar-refractivity contribution in [1.29, 1.82) is 0 Å². The minimum atomic E-state index is -3.48. The van der Waals surface area contributed by atoms with Crippen LogP contribution in [0.4, 0.5) is 0 Å². The number of nitrogens with zero attached hydrogens (tertiary/aromatic N) is 2. The lowest BCUT2D eigenvalue weighted by atomic mass is 10.4. The third kappa shape index (κ3) is 2.90. The van der Waals surface area contributed by atoms with Crippen LogP contribution in [0, 0.1) is 0 Å². The highest BCUT2D eigenvalue weighted by Crippen LogP contribution is 2.22. The summed E-state index contributed by atoms with van der Waals surface area (Å²) in [5.41, 5.74) is 0. The Balaban J connectivity index is 2.20. The summed E-state index contributed by atoms with van der Waals surface area (Å²) in [6, 6.07) is 3.07. The molecule has 5 nitrogen and oxygen atoms in total. The van der Waals surface area contributed by atoms with Gasteiger partial charge < -0.3 is 9.32 Å². The van der Waals surface area contributed by atoms with Crippen molar-refractivity contribution < 1.29 is 12.8 Å². The molecule has 0 N–H and O–H groups in total. The molecule has 0 atom stereocenters. The van der Waals surface area contributed by atoms with Crippen molar-refractivity contribution in [1.82, 2.24) is 9.21 Å². The van der Waals surface area contributed by atoms with Gasteiger partial charge in [0.05, 0.1) is 0 Å². The zero-order valence-electron chi connectivity index (χ0n) is 9.60. The summed E-state index contributed by atoms with van der Waals surface area (Å²) >= 11 is 3.12. The molecule has 0 saturated carbocycles. The molecule has 17 heavy (non-hydrogen) atoms. The maximum Gasteiger partial charge on any atom is 0.276 e.